The fourth-order valence-corrected chi connectivity index (χ4v) is 3.31. The Bertz CT molecular complexity index is 816. The maximum absolute atomic E-state index is 12.3. The highest BCUT2D eigenvalue weighted by Crippen LogP contribution is 2.38. The van der Waals surface area contributed by atoms with E-state index in [-0.39, 0.29) is 23.5 Å². The molecule has 2 amide bonds. The summed E-state index contributed by atoms with van der Waals surface area (Å²) in [7, 11) is 0. The van der Waals surface area contributed by atoms with Crippen molar-refractivity contribution in [3.63, 3.8) is 0 Å². The first kappa shape index (κ1) is 17.0. The van der Waals surface area contributed by atoms with Crippen LogP contribution >= 0.6 is 0 Å². The van der Waals surface area contributed by atoms with Crippen molar-refractivity contribution in [3.05, 3.63) is 53.6 Å². The van der Waals surface area contributed by atoms with Gasteiger partial charge in [0.1, 0.15) is 5.75 Å². The minimum atomic E-state index is -0.139. The van der Waals surface area contributed by atoms with E-state index in [2.05, 4.69) is 5.32 Å². The van der Waals surface area contributed by atoms with E-state index in [1.54, 1.807) is 30.0 Å². The second kappa shape index (κ2) is 6.97. The van der Waals surface area contributed by atoms with Gasteiger partial charge in [0.05, 0.1) is 5.69 Å². The lowest BCUT2D eigenvalue weighted by atomic mass is 9.96. The molecule has 2 aromatic carbocycles. The molecule has 1 heterocycles. The molecule has 0 saturated heterocycles. The van der Waals surface area contributed by atoms with Gasteiger partial charge in [-0.15, -0.1) is 0 Å². The van der Waals surface area contributed by atoms with Gasteiger partial charge >= 0.3 is 0 Å². The van der Waals surface area contributed by atoms with E-state index in [9.17, 15) is 14.7 Å². The number of aromatic hydroxyl groups is 1. The monoisotopic (exact) mass is 338 g/mol. The van der Waals surface area contributed by atoms with Crippen molar-refractivity contribution in [1.82, 2.24) is 0 Å². The number of para-hydroxylation sites is 1. The van der Waals surface area contributed by atoms with E-state index in [1.165, 1.54) is 0 Å². The number of nitrogens with zero attached hydrogens (tertiary/aromatic N) is 1. The summed E-state index contributed by atoms with van der Waals surface area (Å²) < 4.78 is 0. The van der Waals surface area contributed by atoms with E-state index < -0.39 is 0 Å². The molecule has 1 aliphatic heterocycles. The van der Waals surface area contributed by atoms with Crippen LogP contribution in [0.1, 0.15) is 36.8 Å². The molecule has 5 nitrogen and oxygen atoms in total. The summed E-state index contributed by atoms with van der Waals surface area (Å²) in [4.78, 5) is 25.8. The average molecular weight is 338 g/mol. The largest absolute Gasteiger partial charge is 0.506 e. The summed E-state index contributed by atoms with van der Waals surface area (Å²) in [6.07, 6.45) is 0.983. The highest BCUT2D eigenvalue weighted by atomic mass is 16.3. The first-order chi connectivity index (χ1) is 12.0. The summed E-state index contributed by atoms with van der Waals surface area (Å²) in [5.41, 5.74) is 3.46. The number of aryl methyl sites for hydroxylation is 1. The Balaban J connectivity index is 1.65. The smallest absolute Gasteiger partial charge is 0.224 e. The fourth-order valence-electron chi connectivity index (χ4n) is 3.31. The van der Waals surface area contributed by atoms with Crippen LogP contribution in [0.25, 0.3) is 0 Å². The Morgan fingerprint density at radius 1 is 1.24 bits per heavy atom. The van der Waals surface area contributed by atoms with Crippen molar-refractivity contribution < 1.29 is 14.7 Å². The van der Waals surface area contributed by atoms with Crippen molar-refractivity contribution in [3.8, 4) is 5.75 Å². The molecule has 2 aromatic rings. The molecule has 0 aromatic heterocycles. The zero-order valence-electron chi connectivity index (χ0n) is 14.5. The number of carbonyl (C=O) groups excluding carboxylic acids is 2. The van der Waals surface area contributed by atoms with Crippen LogP contribution in [0.15, 0.2) is 42.5 Å². The van der Waals surface area contributed by atoms with Gasteiger partial charge in [-0.1, -0.05) is 24.3 Å². The molecule has 1 atom stereocenters. The second-order valence-electron chi connectivity index (χ2n) is 6.49. The third kappa shape index (κ3) is 3.65. The van der Waals surface area contributed by atoms with Crippen LogP contribution in [0.5, 0.6) is 5.75 Å². The third-order valence-electron chi connectivity index (χ3n) is 4.60. The average Bonchev–Trinajstić information content (AvgIpc) is 2.95. The van der Waals surface area contributed by atoms with Gasteiger partial charge in [0.25, 0.3) is 0 Å². The highest BCUT2D eigenvalue weighted by Gasteiger charge is 2.30. The zero-order valence-corrected chi connectivity index (χ0v) is 14.5. The van der Waals surface area contributed by atoms with E-state index >= 15 is 0 Å². The lowest BCUT2D eigenvalue weighted by Gasteiger charge is -2.15. The van der Waals surface area contributed by atoms with Crippen molar-refractivity contribution in [1.29, 1.82) is 0 Å². The number of benzene rings is 2. The summed E-state index contributed by atoms with van der Waals surface area (Å²) in [6, 6.07) is 13.0. The van der Waals surface area contributed by atoms with E-state index in [0.29, 0.717) is 25.1 Å². The standard InChI is InChI=1S/C20H22N2O3/c1-13-7-9-19(24)17(11-13)21-20(25)10-8-15-12-22(14(2)23)18-6-4-3-5-16(15)18/h3-7,9,11,15,24H,8,10,12H2,1-2H3,(H,21,25). The van der Waals surface area contributed by atoms with E-state index in [1.807, 2.05) is 31.2 Å². The first-order valence-corrected chi connectivity index (χ1v) is 8.42. The lowest BCUT2D eigenvalue weighted by Crippen LogP contribution is -2.27. The molecule has 0 radical (unpaired) electrons. The number of phenols is 1. The Morgan fingerprint density at radius 3 is 2.76 bits per heavy atom. The Hall–Kier alpha value is -2.82. The van der Waals surface area contributed by atoms with Gasteiger partial charge in [-0.05, 0) is 42.7 Å². The van der Waals surface area contributed by atoms with Crippen LogP contribution in [0.4, 0.5) is 11.4 Å². The molecule has 0 bridgehead atoms. The van der Waals surface area contributed by atoms with Gasteiger partial charge < -0.3 is 15.3 Å². The Kier molecular flexibility index (Phi) is 4.74. The highest BCUT2D eigenvalue weighted by molar-refractivity contribution is 5.95. The summed E-state index contributed by atoms with van der Waals surface area (Å²) >= 11 is 0. The predicted molar refractivity (Wildman–Crippen MR) is 97.9 cm³/mol. The quantitative estimate of drug-likeness (QED) is 0.837. The number of fused-ring (bicyclic) bond motifs is 1. The van der Waals surface area contributed by atoms with Gasteiger partial charge in [0, 0.05) is 31.5 Å². The van der Waals surface area contributed by atoms with E-state index in [0.717, 1.165) is 16.8 Å². The zero-order chi connectivity index (χ0) is 18.0. The molecule has 0 fully saturated rings. The Morgan fingerprint density at radius 2 is 2.00 bits per heavy atom. The van der Waals surface area contributed by atoms with Crippen LogP contribution in [-0.4, -0.2) is 23.5 Å². The summed E-state index contributed by atoms with van der Waals surface area (Å²) in [5, 5.41) is 12.6. The minimum Gasteiger partial charge on any atom is -0.506 e. The van der Waals surface area contributed by atoms with Gasteiger partial charge in [-0.25, -0.2) is 0 Å². The molecular formula is C20H22N2O3. The number of phenolic OH excluding ortho intramolecular Hbond substituents is 1. The molecule has 5 heteroatoms. The normalized spacial score (nSPS) is 15.8. The topological polar surface area (TPSA) is 69.6 Å². The molecule has 0 aliphatic carbocycles. The van der Waals surface area contributed by atoms with E-state index in [4.69, 9.17) is 0 Å². The maximum atomic E-state index is 12.3. The number of hydrogen-bond donors (Lipinski definition) is 2. The second-order valence-corrected chi connectivity index (χ2v) is 6.49. The van der Waals surface area contributed by atoms with Crippen LogP contribution in [0.3, 0.4) is 0 Å². The number of amides is 2. The van der Waals surface area contributed by atoms with Gasteiger partial charge in [0.15, 0.2) is 0 Å². The SMILES string of the molecule is CC(=O)N1CC(CCC(=O)Nc2cc(C)ccc2O)c2ccccc21. The number of rotatable bonds is 4. The van der Waals surface area contributed by atoms with Crippen molar-refractivity contribution in [2.24, 2.45) is 0 Å². The van der Waals surface area contributed by atoms with Crippen LogP contribution in [0.2, 0.25) is 0 Å². The van der Waals surface area contributed by atoms with Gasteiger partial charge in [-0.2, -0.15) is 0 Å². The Labute approximate surface area is 147 Å². The third-order valence-corrected chi connectivity index (χ3v) is 4.60. The molecule has 0 spiro atoms. The summed E-state index contributed by atoms with van der Waals surface area (Å²) in [5.74, 6) is 0.0913. The number of hydrogen-bond acceptors (Lipinski definition) is 3. The molecule has 1 aliphatic rings. The number of nitrogens with one attached hydrogen (secondary N) is 1. The van der Waals surface area contributed by atoms with Crippen molar-refractivity contribution in [2.45, 2.75) is 32.6 Å². The molecule has 25 heavy (non-hydrogen) atoms. The van der Waals surface area contributed by atoms with Gasteiger partial charge in [-0.3, -0.25) is 9.59 Å². The van der Waals surface area contributed by atoms with Crippen LogP contribution in [0, 0.1) is 6.92 Å². The molecule has 3 rings (SSSR count). The summed E-state index contributed by atoms with van der Waals surface area (Å²) in [6.45, 7) is 4.07. The molecule has 130 valence electrons. The maximum Gasteiger partial charge on any atom is 0.224 e. The molecule has 2 N–H and O–H groups in total. The number of anilines is 2. The molecular weight excluding hydrogens is 316 g/mol. The van der Waals surface area contributed by atoms with Crippen LogP contribution < -0.4 is 10.2 Å². The minimum absolute atomic E-state index is 0.0177. The van der Waals surface area contributed by atoms with Gasteiger partial charge in [0.2, 0.25) is 11.8 Å². The van der Waals surface area contributed by atoms with Crippen LogP contribution in [-0.2, 0) is 9.59 Å². The predicted octanol–water partition coefficient (Wildman–Crippen LogP) is 3.57. The fraction of sp³-hybridized carbons (Fsp3) is 0.300. The van der Waals surface area contributed by atoms with Crippen molar-refractivity contribution in [2.75, 3.05) is 16.8 Å². The van der Waals surface area contributed by atoms with Crippen molar-refractivity contribution >= 4 is 23.2 Å². The first-order valence-electron chi connectivity index (χ1n) is 8.42. The molecule has 1 unspecified atom stereocenters. The molecule has 0 saturated carbocycles. The lowest BCUT2D eigenvalue weighted by molar-refractivity contribution is -0.116. The number of carbonyl (C=O) groups is 2.